The Morgan fingerprint density at radius 3 is 0.629 bits per heavy atom. The van der Waals surface area contributed by atoms with Gasteiger partial charge in [0.1, 0.15) is 0 Å². The fourth-order valence-corrected chi connectivity index (χ4v) is 3.26. The van der Waals surface area contributed by atoms with E-state index in [9.17, 15) is 28.8 Å². The predicted molar refractivity (Wildman–Crippen MR) is 276 cm³/mol. The molecule has 62 heavy (non-hydrogen) atoms. The van der Waals surface area contributed by atoms with E-state index in [2.05, 4.69) is 167 Å². The summed E-state index contributed by atoms with van der Waals surface area (Å²) in [7, 11) is 0. The normalized spacial score (nSPS) is 7.56. The van der Waals surface area contributed by atoms with Crippen LogP contribution >= 0.6 is 69.6 Å². The monoisotopic (exact) mass is 976 g/mol. The number of rotatable bonds is 3. The minimum atomic E-state index is -0.407. The van der Waals surface area contributed by atoms with Crippen molar-refractivity contribution >= 4 is 112 Å². The van der Waals surface area contributed by atoms with Crippen molar-refractivity contribution in [2.75, 3.05) is 0 Å². The van der Waals surface area contributed by atoms with Gasteiger partial charge in [0.25, 0.3) is 5.24 Å². The third-order valence-electron chi connectivity index (χ3n) is 4.75. The Labute approximate surface area is 404 Å². The summed E-state index contributed by atoms with van der Waals surface area (Å²) in [6, 6.07) is 46.5. The van der Waals surface area contributed by atoms with Crippen LogP contribution in [0.2, 0.25) is 0 Å². The van der Waals surface area contributed by atoms with Crippen LogP contribution < -0.4 is 0 Å². The molecule has 0 N–H and O–H groups in total. The Morgan fingerprint density at radius 1 is 0.306 bits per heavy atom. The summed E-state index contributed by atoms with van der Waals surface area (Å²) >= 11 is 28.3. The van der Waals surface area contributed by atoms with E-state index in [0.29, 0.717) is 5.56 Å². The highest BCUT2D eigenvalue weighted by Crippen LogP contribution is 2.11. The first-order valence-electron chi connectivity index (χ1n) is 20.0. The van der Waals surface area contributed by atoms with Gasteiger partial charge in [-0.05, 0) is 97.9 Å². The molecule has 0 atom stereocenters. The van der Waals surface area contributed by atoms with E-state index < -0.39 is 5.24 Å². The summed E-state index contributed by atoms with van der Waals surface area (Å²) in [5.41, 5.74) is 3.28. The van der Waals surface area contributed by atoms with Crippen LogP contribution in [-0.4, -0.2) is 31.5 Å². The van der Waals surface area contributed by atoms with Crippen LogP contribution in [0, 0.1) is 0 Å². The zero-order chi connectivity index (χ0) is 50.3. The van der Waals surface area contributed by atoms with Gasteiger partial charge in [0.05, 0.1) is 0 Å². The molecule has 5 aromatic rings. The molecule has 0 aromatic heterocycles. The van der Waals surface area contributed by atoms with E-state index in [4.69, 9.17) is 11.6 Å². The number of hydrogen-bond donors (Lipinski definition) is 0. The molecule has 0 saturated carbocycles. The maximum absolute atomic E-state index is 10.4. The van der Waals surface area contributed by atoms with Crippen LogP contribution in [-0.2, 0) is 30.4 Å². The summed E-state index contributed by atoms with van der Waals surface area (Å²) in [5.74, 6) is 0. The van der Waals surface area contributed by atoms with Gasteiger partial charge in [-0.15, -0.1) is 0 Å². The number of benzene rings is 5. The van der Waals surface area contributed by atoms with Gasteiger partial charge in [0.15, 0.2) is 0 Å². The zero-order valence-corrected chi connectivity index (χ0v) is 43.7. The molecule has 5 rings (SSSR count). The maximum Gasteiger partial charge on any atom is 0.252 e. The Morgan fingerprint density at radius 2 is 0.468 bits per heavy atom. The van der Waals surface area contributed by atoms with Crippen LogP contribution in [0.3, 0.4) is 0 Å². The first-order valence-corrected chi connectivity index (χ1v) is 22.2. The average molecular weight is 980 g/mol. The van der Waals surface area contributed by atoms with E-state index in [0.717, 1.165) is 6.42 Å². The van der Waals surface area contributed by atoms with Gasteiger partial charge < -0.3 is 0 Å². The van der Waals surface area contributed by atoms with Gasteiger partial charge in [0, 0.05) is 40.2 Å². The molecule has 0 amide bonds. The second kappa shape index (κ2) is 63.8. The maximum atomic E-state index is 10.4. The SMILES string of the molecule is CC.CC.CC.CC.CC.CC(=O)Cl.CC(=O)Cl.CC(=O)Cl.CC(=O)Cl.CC(=O)Cl.O=C(Cl)c1ccccc1.c1ccc(Cc2ccccc2)cc1.c1ccc2ccccc2c1. The molecule has 348 valence electrons. The lowest BCUT2D eigenvalue weighted by molar-refractivity contribution is -0.110. The molecule has 0 bridgehead atoms. The van der Waals surface area contributed by atoms with E-state index in [1.165, 1.54) is 56.5 Å². The molecule has 5 aromatic carbocycles. The van der Waals surface area contributed by atoms with E-state index in [1.54, 1.807) is 24.3 Å². The molecule has 0 heterocycles. The van der Waals surface area contributed by atoms with Crippen molar-refractivity contribution in [1.82, 2.24) is 0 Å². The Kier molecular flexibility index (Phi) is 77.6. The van der Waals surface area contributed by atoms with Crippen molar-refractivity contribution in [1.29, 1.82) is 0 Å². The van der Waals surface area contributed by atoms with Gasteiger partial charge in [-0.25, -0.2) is 0 Å². The number of hydrogen-bond acceptors (Lipinski definition) is 6. The highest BCUT2D eigenvalue weighted by atomic mass is 35.5. The van der Waals surface area contributed by atoms with Gasteiger partial charge in [-0.1, -0.05) is 209 Å². The first kappa shape index (κ1) is 75.5. The predicted octanol–water partition coefficient (Wildman–Crippen LogP) is 17.2. The van der Waals surface area contributed by atoms with Crippen LogP contribution in [0.4, 0.5) is 0 Å². The second-order valence-corrected chi connectivity index (χ2v) is 12.5. The minimum Gasteiger partial charge on any atom is -0.282 e. The molecule has 0 aliphatic carbocycles. The Balaban J connectivity index is -0.0000000908. The highest BCUT2D eigenvalue weighted by Gasteiger charge is 1.96. The van der Waals surface area contributed by atoms with Crippen molar-refractivity contribution < 1.29 is 28.8 Å². The molecule has 0 aliphatic heterocycles. The van der Waals surface area contributed by atoms with Crippen molar-refractivity contribution in [2.24, 2.45) is 0 Å². The van der Waals surface area contributed by atoms with E-state index >= 15 is 0 Å². The summed E-state index contributed by atoms with van der Waals surface area (Å²) in [6.07, 6.45) is 1.03. The number of carbonyl (C=O) groups excluding carboxylic acids is 6. The molecule has 6 nitrogen and oxygen atoms in total. The van der Waals surface area contributed by atoms with Crippen LogP contribution in [0.15, 0.2) is 140 Å². The molecule has 0 aliphatic rings. The van der Waals surface area contributed by atoms with Gasteiger partial charge >= 0.3 is 0 Å². The second-order valence-electron chi connectivity index (χ2n) is 9.49. The first-order chi connectivity index (χ1) is 29.4. The molecule has 0 unspecified atom stereocenters. The standard InChI is InChI=1S/C13H12.C10H8.C7H5ClO.5C2H3ClO.5C2H6/c1-3-7-12(8-4-1)11-13-9-5-2-6-10-13;1-2-6-10-8-4-3-7-9(10)5-1;8-7(9)6-4-2-1-3-5-6;5*1-2(3)4;5*1-2/h1-10H,11H2;1-8H;1-5H;5*1H3;5*1-2H3. The molecule has 12 heteroatoms. The topological polar surface area (TPSA) is 102 Å². The van der Waals surface area contributed by atoms with Crippen molar-refractivity contribution in [3.63, 3.8) is 0 Å². The smallest absolute Gasteiger partial charge is 0.252 e. The lowest BCUT2D eigenvalue weighted by Gasteiger charge is -2.00. The van der Waals surface area contributed by atoms with Gasteiger partial charge in [0.2, 0.25) is 26.2 Å². The number of carbonyl (C=O) groups is 6. The third-order valence-corrected chi connectivity index (χ3v) is 4.97. The van der Waals surface area contributed by atoms with Crippen LogP contribution in [0.25, 0.3) is 10.8 Å². The fourth-order valence-electron chi connectivity index (χ4n) is 3.13. The van der Waals surface area contributed by atoms with Gasteiger partial charge in [-0.2, -0.15) is 0 Å². The Hall–Kier alpha value is -3.88. The molecule has 0 fully saturated rings. The molecular formula is C50H70Cl6O6. The largest absolute Gasteiger partial charge is 0.282 e. The van der Waals surface area contributed by atoms with Crippen LogP contribution in [0.1, 0.15) is 125 Å². The quantitative estimate of drug-likeness (QED) is 0.167. The summed E-state index contributed by atoms with van der Waals surface area (Å²) in [5, 5.41) is 0.408. The van der Waals surface area contributed by atoms with Gasteiger partial charge in [-0.3, -0.25) is 28.8 Å². The van der Waals surface area contributed by atoms with Crippen molar-refractivity contribution in [3.05, 3.63) is 156 Å². The number of halogens is 6. The summed E-state index contributed by atoms with van der Waals surface area (Å²) in [4.78, 5) is 56.5. The zero-order valence-electron chi connectivity index (χ0n) is 39.2. The molecule has 0 radical (unpaired) electrons. The Bertz CT molecular complexity index is 1530. The summed E-state index contributed by atoms with van der Waals surface area (Å²) < 4.78 is 0. The van der Waals surface area contributed by atoms with E-state index in [-0.39, 0.29) is 26.2 Å². The lowest BCUT2D eigenvalue weighted by atomic mass is 10.1. The summed E-state index contributed by atoms with van der Waals surface area (Å²) in [6.45, 7) is 26.5. The molecular weight excluding hydrogens is 909 g/mol. The fraction of sp³-hybridized carbons (Fsp3) is 0.320. The van der Waals surface area contributed by atoms with Crippen molar-refractivity contribution in [3.8, 4) is 0 Å². The molecule has 0 spiro atoms. The lowest BCUT2D eigenvalue weighted by Crippen LogP contribution is -1.85. The minimum absolute atomic E-state index is 0.361. The highest BCUT2D eigenvalue weighted by molar-refractivity contribution is 6.67. The van der Waals surface area contributed by atoms with Crippen molar-refractivity contribution in [2.45, 2.75) is 110 Å². The average Bonchev–Trinajstić information content (AvgIpc) is 3.25. The number of fused-ring (bicyclic) bond motifs is 1. The van der Waals surface area contributed by atoms with E-state index in [1.807, 2.05) is 75.3 Å². The van der Waals surface area contributed by atoms with Crippen LogP contribution in [0.5, 0.6) is 0 Å². The third kappa shape index (κ3) is 80.2. The molecule has 0 saturated heterocycles.